The minimum atomic E-state index is 0.327. The number of benzene rings is 3. The van der Waals surface area contributed by atoms with E-state index in [4.69, 9.17) is 10.5 Å². The number of hydrogen-bond donors (Lipinski definition) is 2. The third-order valence-electron chi connectivity index (χ3n) is 4.57. The van der Waals surface area contributed by atoms with Crippen molar-refractivity contribution < 1.29 is 4.74 Å². The fourth-order valence-electron chi connectivity index (χ4n) is 2.91. The molecule has 27 heavy (non-hydrogen) atoms. The molecule has 1 heterocycles. The van der Waals surface area contributed by atoms with Gasteiger partial charge in [0, 0.05) is 11.1 Å². The van der Waals surface area contributed by atoms with Crippen LogP contribution in [0.15, 0.2) is 67.0 Å². The topological polar surface area (TPSA) is 73.1 Å². The standard InChI is InChI=1S/C22H20N4O/c1-14-10-11-17(12-15(14)2)26-21-20(23)22(25-13-24-21)27-19-9-5-7-16-6-3-4-8-18(16)19/h3-13H,23H2,1-2H3,(H,24,25,26). The number of hydrogen-bond acceptors (Lipinski definition) is 5. The fraction of sp³-hybridized carbons (Fsp3) is 0.0909. The average Bonchev–Trinajstić information content (AvgIpc) is 2.68. The summed E-state index contributed by atoms with van der Waals surface area (Å²) in [6.07, 6.45) is 1.44. The van der Waals surface area contributed by atoms with E-state index in [1.165, 1.54) is 17.5 Å². The van der Waals surface area contributed by atoms with Crippen molar-refractivity contribution >= 4 is 28.0 Å². The van der Waals surface area contributed by atoms with Crippen LogP contribution in [0.3, 0.4) is 0 Å². The van der Waals surface area contributed by atoms with Crippen molar-refractivity contribution in [1.82, 2.24) is 9.97 Å². The summed E-state index contributed by atoms with van der Waals surface area (Å²) < 4.78 is 6.03. The smallest absolute Gasteiger partial charge is 0.248 e. The molecule has 0 bridgehead atoms. The van der Waals surface area contributed by atoms with Crippen LogP contribution in [0.5, 0.6) is 11.6 Å². The molecule has 0 amide bonds. The number of aryl methyl sites for hydroxylation is 2. The maximum atomic E-state index is 6.28. The quantitative estimate of drug-likeness (QED) is 0.514. The molecule has 0 spiro atoms. The van der Waals surface area contributed by atoms with E-state index in [0.717, 1.165) is 16.5 Å². The number of nitrogen functional groups attached to an aromatic ring is 1. The Balaban J connectivity index is 1.66. The van der Waals surface area contributed by atoms with Gasteiger partial charge in [0.2, 0.25) is 5.88 Å². The summed E-state index contributed by atoms with van der Waals surface area (Å²) in [4.78, 5) is 8.48. The lowest BCUT2D eigenvalue weighted by molar-refractivity contribution is 0.470. The van der Waals surface area contributed by atoms with Crippen LogP contribution in [0, 0.1) is 13.8 Å². The van der Waals surface area contributed by atoms with Gasteiger partial charge in [-0.2, -0.15) is 4.98 Å². The monoisotopic (exact) mass is 356 g/mol. The van der Waals surface area contributed by atoms with Crippen LogP contribution in [0.4, 0.5) is 17.2 Å². The number of nitrogens with one attached hydrogen (secondary N) is 1. The average molecular weight is 356 g/mol. The molecule has 0 aliphatic heterocycles. The fourth-order valence-corrected chi connectivity index (χ4v) is 2.91. The Morgan fingerprint density at radius 3 is 2.56 bits per heavy atom. The van der Waals surface area contributed by atoms with Gasteiger partial charge in [0.1, 0.15) is 17.8 Å². The maximum absolute atomic E-state index is 6.28. The molecule has 4 aromatic rings. The molecule has 0 fully saturated rings. The highest BCUT2D eigenvalue weighted by atomic mass is 16.5. The Morgan fingerprint density at radius 2 is 1.70 bits per heavy atom. The van der Waals surface area contributed by atoms with Crippen LogP contribution in [-0.2, 0) is 0 Å². The van der Waals surface area contributed by atoms with Crippen LogP contribution in [0.2, 0.25) is 0 Å². The van der Waals surface area contributed by atoms with Crippen LogP contribution < -0.4 is 15.8 Å². The molecule has 0 radical (unpaired) electrons. The molecule has 3 N–H and O–H groups in total. The van der Waals surface area contributed by atoms with Crippen molar-refractivity contribution in [2.45, 2.75) is 13.8 Å². The van der Waals surface area contributed by atoms with Crippen molar-refractivity contribution in [3.05, 3.63) is 78.1 Å². The summed E-state index contributed by atoms with van der Waals surface area (Å²) in [6.45, 7) is 4.15. The first kappa shape index (κ1) is 16.8. The minimum Gasteiger partial charge on any atom is -0.436 e. The van der Waals surface area contributed by atoms with Crippen molar-refractivity contribution in [2.75, 3.05) is 11.1 Å². The first-order valence-electron chi connectivity index (χ1n) is 8.72. The Labute approximate surface area is 157 Å². The summed E-state index contributed by atoms with van der Waals surface area (Å²) >= 11 is 0. The zero-order valence-electron chi connectivity index (χ0n) is 15.2. The lowest BCUT2D eigenvalue weighted by atomic mass is 10.1. The highest BCUT2D eigenvalue weighted by Gasteiger charge is 2.12. The first-order chi connectivity index (χ1) is 13.1. The Morgan fingerprint density at radius 1 is 0.889 bits per heavy atom. The lowest BCUT2D eigenvalue weighted by Gasteiger charge is -2.13. The van der Waals surface area contributed by atoms with E-state index in [1.807, 2.05) is 48.5 Å². The van der Waals surface area contributed by atoms with E-state index in [0.29, 0.717) is 23.1 Å². The lowest BCUT2D eigenvalue weighted by Crippen LogP contribution is -2.03. The number of fused-ring (bicyclic) bond motifs is 1. The molecule has 0 atom stereocenters. The molecule has 3 aromatic carbocycles. The van der Waals surface area contributed by atoms with E-state index in [2.05, 4.69) is 41.3 Å². The highest BCUT2D eigenvalue weighted by molar-refractivity contribution is 5.88. The van der Waals surface area contributed by atoms with Crippen molar-refractivity contribution in [2.24, 2.45) is 0 Å². The molecule has 1 aromatic heterocycles. The summed E-state index contributed by atoms with van der Waals surface area (Å²) in [6, 6.07) is 20.0. The zero-order valence-corrected chi connectivity index (χ0v) is 15.2. The van der Waals surface area contributed by atoms with Gasteiger partial charge in [-0.15, -0.1) is 0 Å². The third kappa shape index (κ3) is 3.40. The summed E-state index contributed by atoms with van der Waals surface area (Å²) in [5.74, 6) is 1.55. The second-order valence-electron chi connectivity index (χ2n) is 6.44. The number of nitrogens with zero attached hydrogens (tertiary/aromatic N) is 2. The molecule has 134 valence electrons. The van der Waals surface area contributed by atoms with Gasteiger partial charge < -0.3 is 15.8 Å². The summed E-state index contributed by atoms with van der Waals surface area (Å²) in [5.41, 5.74) is 9.99. The minimum absolute atomic E-state index is 0.327. The van der Waals surface area contributed by atoms with Crippen LogP contribution in [-0.4, -0.2) is 9.97 Å². The largest absolute Gasteiger partial charge is 0.436 e. The van der Waals surface area contributed by atoms with E-state index >= 15 is 0 Å². The second-order valence-corrected chi connectivity index (χ2v) is 6.44. The molecule has 5 heteroatoms. The number of rotatable bonds is 4. The van der Waals surface area contributed by atoms with E-state index < -0.39 is 0 Å². The predicted molar refractivity (Wildman–Crippen MR) is 110 cm³/mol. The van der Waals surface area contributed by atoms with Gasteiger partial charge in [-0.1, -0.05) is 42.5 Å². The van der Waals surface area contributed by atoms with Gasteiger partial charge in [0.05, 0.1) is 0 Å². The molecule has 5 nitrogen and oxygen atoms in total. The second kappa shape index (κ2) is 6.96. The van der Waals surface area contributed by atoms with E-state index in [-0.39, 0.29) is 0 Å². The third-order valence-corrected chi connectivity index (χ3v) is 4.57. The molecule has 0 aliphatic rings. The van der Waals surface area contributed by atoms with Crippen LogP contribution >= 0.6 is 0 Å². The number of anilines is 3. The van der Waals surface area contributed by atoms with Gasteiger partial charge in [-0.05, 0) is 48.6 Å². The first-order valence-corrected chi connectivity index (χ1v) is 8.72. The van der Waals surface area contributed by atoms with Gasteiger partial charge in [0.15, 0.2) is 5.82 Å². The zero-order chi connectivity index (χ0) is 18.8. The normalized spacial score (nSPS) is 10.7. The van der Waals surface area contributed by atoms with Gasteiger partial charge in [-0.3, -0.25) is 0 Å². The summed E-state index contributed by atoms with van der Waals surface area (Å²) in [7, 11) is 0. The molecule has 0 saturated heterocycles. The van der Waals surface area contributed by atoms with Gasteiger partial charge in [-0.25, -0.2) is 4.98 Å². The van der Waals surface area contributed by atoms with Crippen molar-refractivity contribution in [3.8, 4) is 11.6 Å². The number of aromatic nitrogens is 2. The van der Waals surface area contributed by atoms with Crippen molar-refractivity contribution in [3.63, 3.8) is 0 Å². The van der Waals surface area contributed by atoms with E-state index in [9.17, 15) is 0 Å². The molecule has 4 rings (SSSR count). The van der Waals surface area contributed by atoms with E-state index in [1.54, 1.807) is 0 Å². The van der Waals surface area contributed by atoms with Gasteiger partial charge >= 0.3 is 0 Å². The van der Waals surface area contributed by atoms with Crippen molar-refractivity contribution in [1.29, 1.82) is 0 Å². The number of ether oxygens (including phenoxy) is 1. The van der Waals surface area contributed by atoms with Crippen LogP contribution in [0.1, 0.15) is 11.1 Å². The van der Waals surface area contributed by atoms with Gasteiger partial charge in [0.25, 0.3) is 0 Å². The Hall–Kier alpha value is -3.60. The summed E-state index contributed by atoms with van der Waals surface area (Å²) in [5, 5.41) is 5.34. The SMILES string of the molecule is Cc1ccc(Nc2ncnc(Oc3cccc4ccccc34)c2N)cc1C. The molecule has 0 aliphatic carbocycles. The Bertz CT molecular complexity index is 1120. The maximum Gasteiger partial charge on any atom is 0.248 e. The molecule has 0 saturated carbocycles. The number of nitrogens with two attached hydrogens (primary N) is 1. The molecular weight excluding hydrogens is 336 g/mol. The predicted octanol–water partition coefficient (Wildman–Crippen LogP) is 5.36. The Kier molecular flexibility index (Phi) is 4.34. The highest BCUT2D eigenvalue weighted by Crippen LogP contribution is 2.34. The molecule has 0 unspecified atom stereocenters. The van der Waals surface area contributed by atoms with Crippen LogP contribution in [0.25, 0.3) is 10.8 Å². The molecular formula is C22H20N4O.